The van der Waals surface area contributed by atoms with E-state index in [0.717, 1.165) is 18.2 Å². The van der Waals surface area contributed by atoms with Crippen LogP contribution in [0, 0.1) is 17.6 Å². The van der Waals surface area contributed by atoms with Crippen LogP contribution in [0.1, 0.15) is 31.4 Å². The van der Waals surface area contributed by atoms with Crippen molar-refractivity contribution in [1.82, 2.24) is 10.2 Å². The van der Waals surface area contributed by atoms with E-state index in [1.54, 1.807) is 0 Å². The Kier molecular flexibility index (Phi) is 3.42. The molecule has 0 bridgehead atoms. The Morgan fingerprint density at radius 3 is 2.70 bits per heavy atom. The van der Waals surface area contributed by atoms with E-state index < -0.39 is 11.6 Å². The monoisotopic (exact) mass is 277 g/mol. The summed E-state index contributed by atoms with van der Waals surface area (Å²) in [6.45, 7) is 0. The second-order valence-electron chi connectivity index (χ2n) is 5.44. The van der Waals surface area contributed by atoms with Crippen LogP contribution in [0.4, 0.5) is 14.6 Å². The summed E-state index contributed by atoms with van der Waals surface area (Å²) in [4.78, 5) is 0. The number of nitrogens with two attached hydrogens (primary N) is 1. The van der Waals surface area contributed by atoms with E-state index in [9.17, 15) is 8.78 Å². The lowest BCUT2D eigenvalue weighted by atomic mass is 9.96. The minimum absolute atomic E-state index is 0.267. The third-order valence-electron chi connectivity index (χ3n) is 4.04. The van der Waals surface area contributed by atoms with E-state index in [2.05, 4.69) is 10.2 Å². The highest BCUT2D eigenvalue weighted by molar-refractivity contribution is 5.76. The van der Waals surface area contributed by atoms with Gasteiger partial charge in [-0.3, -0.25) is 5.10 Å². The van der Waals surface area contributed by atoms with Crippen molar-refractivity contribution < 1.29 is 8.78 Å². The van der Waals surface area contributed by atoms with Crippen molar-refractivity contribution in [3.05, 3.63) is 35.5 Å². The van der Waals surface area contributed by atoms with Crippen molar-refractivity contribution >= 4 is 5.82 Å². The van der Waals surface area contributed by atoms with Gasteiger partial charge in [0.2, 0.25) is 0 Å². The number of benzene rings is 1. The average molecular weight is 277 g/mol. The Morgan fingerprint density at radius 1 is 1.25 bits per heavy atom. The van der Waals surface area contributed by atoms with Gasteiger partial charge < -0.3 is 5.73 Å². The van der Waals surface area contributed by atoms with E-state index in [1.807, 2.05) is 0 Å². The smallest absolute Gasteiger partial charge is 0.153 e. The molecule has 0 saturated heterocycles. The first-order valence-corrected chi connectivity index (χ1v) is 6.93. The molecule has 1 aromatic heterocycles. The second kappa shape index (κ2) is 5.23. The van der Waals surface area contributed by atoms with Crippen LogP contribution in [0.3, 0.4) is 0 Å². The van der Waals surface area contributed by atoms with Gasteiger partial charge in [0.05, 0.1) is 0 Å². The van der Waals surface area contributed by atoms with Crippen LogP contribution < -0.4 is 5.73 Å². The van der Waals surface area contributed by atoms with Gasteiger partial charge in [-0.1, -0.05) is 25.7 Å². The lowest BCUT2D eigenvalue weighted by molar-refractivity contribution is 0.538. The number of aromatic nitrogens is 2. The molecule has 1 aliphatic rings. The zero-order valence-electron chi connectivity index (χ0n) is 11.1. The minimum Gasteiger partial charge on any atom is -0.382 e. The predicted octanol–water partition coefficient (Wildman–Crippen LogP) is 3.67. The molecular formula is C15H17F2N3. The number of nitrogens with one attached hydrogen (secondary N) is 1. The molecule has 3 rings (SSSR count). The number of halogens is 2. The van der Waals surface area contributed by atoms with Crippen molar-refractivity contribution in [2.45, 2.75) is 32.1 Å². The molecule has 0 unspecified atom stereocenters. The number of anilines is 1. The van der Waals surface area contributed by atoms with Crippen LogP contribution in [0.25, 0.3) is 11.1 Å². The highest BCUT2D eigenvalue weighted by Gasteiger charge is 2.22. The maximum absolute atomic E-state index is 14.0. The van der Waals surface area contributed by atoms with Gasteiger partial charge in [0.15, 0.2) is 5.82 Å². The topological polar surface area (TPSA) is 54.7 Å². The lowest BCUT2D eigenvalue weighted by Gasteiger charge is -2.10. The molecule has 1 heterocycles. The Hall–Kier alpha value is -1.91. The maximum Gasteiger partial charge on any atom is 0.153 e. The molecule has 1 aliphatic carbocycles. The number of hydrogen-bond donors (Lipinski definition) is 2. The van der Waals surface area contributed by atoms with Gasteiger partial charge in [-0.15, -0.1) is 0 Å². The molecular weight excluding hydrogens is 260 g/mol. The molecule has 2 aromatic rings. The second-order valence-corrected chi connectivity index (χ2v) is 5.44. The van der Waals surface area contributed by atoms with Gasteiger partial charge in [0.1, 0.15) is 11.6 Å². The van der Waals surface area contributed by atoms with Gasteiger partial charge in [-0.25, -0.2) is 8.78 Å². The van der Waals surface area contributed by atoms with Crippen molar-refractivity contribution in [2.24, 2.45) is 5.92 Å². The van der Waals surface area contributed by atoms with Crippen molar-refractivity contribution in [2.75, 3.05) is 5.73 Å². The molecule has 0 amide bonds. The molecule has 1 saturated carbocycles. The highest BCUT2D eigenvalue weighted by atomic mass is 19.1. The molecule has 1 aromatic carbocycles. The Labute approximate surface area is 116 Å². The predicted molar refractivity (Wildman–Crippen MR) is 74.0 cm³/mol. The van der Waals surface area contributed by atoms with E-state index in [4.69, 9.17) is 5.73 Å². The summed E-state index contributed by atoms with van der Waals surface area (Å²) in [5.41, 5.74) is 7.59. The maximum atomic E-state index is 14.0. The summed E-state index contributed by atoms with van der Waals surface area (Å²) in [7, 11) is 0. The molecule has 0 aliphatic heterocycles. The van der Waals surface area contributed by atoms with Crippen molar-refractivity contribution in [3.8, 4) is 11.1 Å². The molecule has 0 spiro atoms. The molecule has 0 radical (unpaired) electrons. The molecule has 3 N–H and O–H groups in total. The summed E-state index contributed by atoms with van der Waals surface area (Å²) < 4.78 is 27.0. The molecule has 3 nitrogen and oxygen atoms in total. The van der Waals surface area contributed by atoms with Gasteiger partial charge in [-0.05, 0) is 24.5 Å². The third-order valence-corrected chi connectivity index (χ3v) is 4.04. The van der Waals surface area contributed by atoms with Crippen LogP contribution in [-0.4, -0.2) is 10.2 Å². The molecule has 1 fully saturated rings. The van der Waals surface area contributed by atoms with E-state index in [-0.39, 0.29) is 5.82 Å². The first-order valence-electron chi connectivity index (χ1n) is 6.93. The number of hydrogen-bond acceptors (Lipinski definition) is 2. The first kappa shape index (κ1) is 13.1. The van der Waals surface area contributed by atoms with E-state index in [1.165, 1.54) is 37.8 Å². The van der Waals surface area contributed by atoms with Crippen LogP contribution in [-0.2, 0) is 6.42 Å². The van der Waals surface area contributed by atoms with Gasteiger partial charge in [-0.2, -0.15) is 5.10 Å². The fraction of sp³-hybridized carbons (Fsp3) is 0.400. The Morgan fingerprint density at radius 2 is 2.00 bits per heavy atom. The SMILES string of the molecule is Nc1n[nH]c(CC2CCCC2)c1-c1ccc(F)cc1F. The Bertz CT molecular complexity index is 616. The first-order chi connectivity index (χ1) is 9.65. The van der Waals surface area contributed by atoms with Crippen LogP contribution >= 0.6 is 0 Å². The fourth-order valence-electron chi connectivity index (χ4n) is 3.04. The summed E-state index contributed by atoms with van der Waals surface area (Å²) >= 11 is 0. The summed E-state index contributed by atoms with van der Waals surface area (Å²) in [6, 6.07) is 3.54. The number of H-pyrrole nitrogens is 1. The number of aromatic amines is 1. The van der Waals surface area contributed by atoms with Crippen molar-refractivity contribution in [3.63, 3.8) is 0 Å². The quantitative estimate of drug-likeness (QED) is 0.899. The fourth-order valence-corrected chi connectivity index (χ4v) is 3.04. The van der Waals surface area contributed by atoms with Crippen LogP contribution in [0.2, 0.25) is 0 Å². The molecule has 106 valence electrons. The van der Waals surface area contributed by atoms with E-state index >= 15 is 0 Å². The third kappa shape index (κ3) is 2.40. The van der Waals surface area contributed by atoms with E-state index in [0.29, 0.717) is 17.0 Å². The number of rotatable bonds is 3. The number of nitrogens with zero attached hydrogens (tertiary/aromatic N) is 1. The molecule has 5 heteroatoms. The zero-order chi connectivity index (χ0) is 14.1. The summed E-state index contributed by atoms with van der Waals surface area (Å²) in [5, 5.41) is 6.90. The lowest BCUT2D eigenvalue weighted by Crippen LogP contribution is -2.01. The van der Waals surface area contributed by atoms with Gasteiger partial charge in [0, 0.05) is 22.9 Å². The van der Waals surface area contributed by atoms with Gasteiger partial charge >= 0.3 is 0 Å². The number of nitrogen functional groups attached to an aromatic ring is 1. The molecule has 0 atom stereocenters. The normalized spacial score (nSPS) is 15.9. The van der Waals surface area contributed by atoms with Crippen molar-refractivity contribution in [1.29, 1.82) is 0 Å². The molecule has 20 heavy (non-hydrogen) atoms. The van der Waals surface area contributed by atoms with Crippen LogP contribution in [0.15, 0.2) is 18.2 Å². The largest absolute Gasteiger partial charge is 0.382 e. The highest BCUT2D eigenvalue weighted by Crippen LogP contribution is 2.35. The standard InChI is InChI=1S/C15H17F2N3/c16-10-5-6-11(12(17)8-10)14-13(19-20-15(14)18)7-9-3-1-2-4-9/h5-6,8-9H,1-4,7H2,(H3,18,19,20). The summed E-state index contributed by atoms with van der Waals surface area (Å²) in [5.74, 6) is -0.336. The minimum atomic E-state index is -0.606. The van der Waals surface area contributed by atoms with Crippen LogP contribution in [0.5, 0.6) is 0 Å². The van der Waals surface area contributed by atoms with Gasteiger partial charge in [0.25, 0.3) is 0 Å². The Balaban J connectivity index is 1.97. The zero-order valence-corrected chi connectivity index (χ0v) is 11.1. The summed E-state index contributed by atoms with van der Waals surface area (Å²) in [6.07, 6.45) is 5.67. The average Bonchev–Trinajstić information content (AvgIpc) is 3.02.